The van der Waals surface area contributed by atoms with Gasteiger partial charge in [0.2, 0.25) is 0 Å². The summed E-state index contributed by atoms with van der Waals surface area (Å²) in [4.78, 5) is 7.67. The predicted octanol–water partition coefficient (Wildman–Crippen LogP) is 6.43. The van der Waals surface area contributed by atoms with E-state index in [1.165, 1.54) is 28.0 Å². The Balaban J connectivity index is 1.36. The quantitative estimate of drug-likeness (QED) is 0.364. The van der Waals surface area contributed by atoms with E-state index in [-0.39, 0.29) is 0 Å². The molecule has 4 heteroatoms. The van der Waals surface area contributed by atoms with Gasteiger partial charge < -0.3 is 4.57 Å². The Morgan fingerprint density at radius 2 is 1.65 bits per heavy atom. The van der Waals surface area contributed by atoms with E-state index in [2.05, 4.69) is 77.1 Å². The number of rotatable bonds is 5. The average Bonchev–Trinajstić information content (AvgIpc) is 3.14. The van der Waals surface area contributed by atoms with Crippen molar-refractivity contribution in [3.8, 4) is 0 Å². The lowest BCUT2D eigenvalue weighted by atomic mass is 9.95. The molecule has 0 radical (unpaired) electrons. The van der Waals surface area contributed by atoms with Crippen LogP contribution < -0.4 is 0 Å². The Bertz CT molecular complexity index is 1170. The molecule has 5 rings (SSSR count). The highest BCUT2D eigenvalue weighted by Gasteiger charge is 2.25. The van der Waals surface area contributed by atoms with Crippen molar-refractivity contribution in [2.24, 2.45) is 0 Å². The van der Waals surface area contributed by atoms with Gasteiger partial charge in [-0.15, -0.1) is 0 Å². The van der Waals surface area contributed by atoms with Crippen molar-refractivity contribution >= 4 is 22.6 Å². The van der Waals surface area contributed by atoms with Crippen molar-refractivity contribution in [3.05, 3.63) is 100 Å². The van der Waals surface area contributed by atoms with E-state index >= 15 is 0 Å². The van der Waals surface area contributed by atoms with Crippen LogP contribution in [0.5, 0.6) is 0 Å². The summed E-state index contributed by atoms with van der Waals surface area (Å²) < 4.78 is 2.42. The monoisotopic (exact) mass is 429 g/mol. The highest BCUT2D eigenvalue weighted by molar-refractivity contribution is 6.30. The topological polar surface area (TPSA) is 21.1 Å². The van der Waals surface area contributed by atoms with Gasteiger partial charge in [-0.05, 0) is 68.2 Å². The molecule has 1 aliphatic rings. The van der Waals surface area contributed by atoms with E-state index in [0.29, 0.717) is 5.92 Å². The van der Waals surface area contributed by atoms with E-state index in [4.69, 9.17) is 16.6 Å². The first-order valence-corrected chi connectivity index (χ1v) is 11.5. The lowest BCUT2D eigenvalue weighted by molar-refractivity contribution is 0.200. The highest BCUT2D eigenvalue weighted by atomic mass is 35.5. The standard InChI is InChI=1S/C27H28ClN3/c1-20-5-4-6-22(17-20)18-30-15-13-23(14-16-30)27-29-25-7-2-3-8-26(25)31(27)19-21-9-11-24(28)12-10-21/h2-12,17,23H,13-16,18-19H2,1H3. The second kappa shape index (κ2) is 8.86. The van der Waals surface area contributed by atoms with Crippen molar-refractivity contribution < 1.29 is 0 Å². The third kappa shape index (κ3) is 4.53. The molecule has 0 atom stereocenters. The molecule has 3 aromatic carbocycles. The molecule has 0 N–H and O–H groups in total. The predicted molar refractivity (Wildman–Crippen MR) is 129 cm³/mol. The number of para-hydroxylation sites is 2. The summed E-state index contributed by atoms with van der Waals surface area (Å²) in [5, 5.41) is 0.778. The van der Waals surface area contributed by atoms with E-state index in [1.54, 1.807) is 0 Å². The Hall–Kier alpha value is -2.62. The first kappa shape index (κ1) is 20.3. The van der Waals surface area contributed by atoms with Gasteiger partial charge in [-0.3, -0.25) is 4.90 Å². The smallest absolute Gasteiger partial charge is 0.113 e. The van der Waals surface area contributed by atoms with Gasteiger partial charge in [-0.25, -0.2) is 4.98 Å². The van der Waals surface area contributed by atoms with Crippen LogP contribution in [0.3, 0.4) is 0 Å². The van der Waals surface area contributed by atoms with Gasteiger partial charge in [0.25, 0.3) is 0 Å². The Kier molecular flexibility index (Phi) is 5.80. The Morgan fingerprint density at radius 1 is 0.871 bits per heavy atom. The lowest BCUT2D eigenvalue weighted by Crippen LogP contribution is -2.33. The van der Waals surface area contributed by atoms with Gasteiger partial charge in [0.1, 0.15) is 5.82 Å². The number of aryl methyl sites for hydroxylation is 1. The number of imidazole rings is 1. The largest absolute Gasteiger partial charge is 0.323 e. The molecule has 0 saturated carbocycles. The molecular weight excluding hydrogens is 402 g/mol. The van der Waals surface area contributed by atoms with Gasteiger partial charge in [-0.1, -0.05) is 65.7 Å². The summed E-state index contributed by atoms with van der Waals surface area (Å²) in [6, 6.07) is 25.6. The molecule has 0 amide bonds. The van der Waals surface area contributed by atoms with E-state index in [1.807, 2.05) is 12.1 Å². The zero-order valence-electron chi connectivity index (χ0n) is 18.0. The zero-order valence-corrected chi connectivity index (χ0v) is 18.7. The minimum Gasteiger partial charge on any atom is -0.323 e. The SMILES string of the molecule is Cc1cccc(CN2CCC(c3nc4ccccc4n3Cc3ccc(Cl)cc3)CC2)c1. The second-order valence-corrected chi connectivity index (χ2v) is 9.15. The van der Waals surface area contributed by atoms with Crippen LogP contribution in [0, 0.1) is 6.92 Å². The van der Waals surface area contributed by atoms with E-state index in [0.717, 1.165) is 49.6 Å². The van der Waals surface area contributed by atoms with Crippen LogP contribution in [-0.2, 0) is 13.1 Å². The number of hydrogen-bond acceptors (Lipinski definition) is 2. The molecule has 2 heterocycles. The first-order chi connectivity index (χ1) is 15.2. The molecule has 3 nitrogen and oxygen atoms in total. The zero-order chi connectivity index (χ0) is 21.2. The normalized spacial score (nSPS) is 15.5. The molecule has 0 aliphatic carbocycles. The van der Waals surface area contributed by atoms with Crippen LogP contribution >= 0.6 is 11.6 Å². The van der Waals surface area contributed by atoms with Crippen LogP contribution in [-0.4, -0.2) is 27.5 Å². The number of piperidine rings is 1. The number of fused-ring (bicyclic) bond motifs is 1. The van der Waals surface area contributed by atoms with Crippen LogP contribution in [0.25, 0.3) is 11.0 Å². The summed E-state index contributed by atoms with van der Waals surface area (Å²) in [5.41, 5.74) is 6.31. The van der Waals surface area contributed by atoms with Crippen molar-refractivity contribution in [2.75, 3.05) is 13.1 Å². The lowest BCUT2D eigenvalue weighted by Gasteiger charge is -2.32. The Morgan fingerprint density at radius 3 is 2.42 bits per heavy atom. The van der Waals surface area contributed by atoms with Crippen molar-refractivity contribution in [3.63, 3.8) is 0 Å². The summed E-state index contributed by atoms with van der Waals surface area (Å²) in [6.45, 7) is 6.26. The number of halogens is 1. The van der Waals surface area contributed by atoms with Crippen LogP contribution in [0.15, 0.2) is 72.8 Å². The summed E-state index contributed by atoms with van der Waals surface area (Å²) in [7, 11) is 0. The van der Waals surface area contributed by atoms with E-state index in [9.17, 15) is 0 Å². The molecule has 4 aromatic rings. The fraction of sp³-hybridized carbons (Fsp3) is 0.296. The molecule has 1 saturated heterocycles. The third-order valence-corrected chi connectivity index (χ3v) is 6.63. The van der Waals surface area contributed by atoms with Crippen LogP contribution in [0.4, 0.5) is 0 Å². The van der Waals surface area contributed by atoms with Gasteiger partial charge in [-0.2, -0.15) is 0 Å². The molecule has 1 aromatic heterocycles. The number of likely N-dealkylation sites (tertiary alicyclic amines) is 1. The van der Waals surface area contributed by atoms with Crippen molar-refractivity contribution in [1.82, 2.24) is 14.5 Å². The second-order valence-electron chi connectivity index (χ2n) is 8.71. The maximum absolute atomic E-state index is 6.10. The number of benzene rings is 3. The number of aromatic nitrogens is 2. The van der Waals surface area contributed by atoms with Crippen molar-refractivity contribution in [1.29, 1.82) is 0 Å². The summed E-state index contributed by atoms with van der Waals surface area (Å²) in [6.07, 6.45) is 2.30. The van der Waals surface area contributed by atoms with E-state index < -0.39 is 0 Å². The van der Waals surface area contributed by atoms with Crippen LogP contribution in [0.2, 0.25) is 5.02 Å². The molecule has 1 fully saturated rings. The summed E-state index contributed by atoms with van der Waals surface area (Å²) >= 11 is 6.10. The van der Waals surface area contributed by atoms with Gasteiger partial charge >= 0.3 is 0 Å². The maximum Gasteiger partial charge on any atom is 0.113 e. The van der Waals surface area contributed by atoms with Crippen molar-refractivity contribution in [2.45, 2.75) is 38.8 Å². The molecule has 0 bridgehead atoms. The van der Waals surface area contributed by atoms with Gasteiger partial charge in [0, 0.05) is 24.0 Å². The molecule has 158 valence electrons. The van der Waals surface area contributed by atoms with Gasteiger partial charge in [0.15, 0.2) is 0 Å². The third-order valence-electron chi connectivity index (χ3n) is 6.38. The molecular formula is C27H28ClN3. The first-order valence-electron chi connectivity index (χ1n) is 11.1. The molecule has 31 heavy (non-hydrogen) atoms. The minimum absolute atomic E-state index is 0.494. The van der Waals surface area contributed by atoms with Crippen LogP contribution in [0.1, 0.15) is 41.3 Å². The fourth-order valence-corrected chi connectivity index (χ4v) is 4.89. The highest BCUT2D eigenvalue weighted by Crippen LogP contribution is 2.31. The van der Waals surface area contributed by atoms with Gasteiger partial charge in [0.05, 0.1) is 11.0 Å². The molecule has 0 spiro atoms. The Labute approximate surface area is 189 Å². The maximum atomic E-state index is 6.10. The molecule has 0 unspecified atom stereocenters. The fourth-order valence-electron chi connectivity index (χ4n) is 4.76. The molecule has 1 aliphatic heterocycles. The number of nitrogens with zero attached hydrogens (tertiary/aromatic N) is 3. The minimum atomic E-state index is 0.494. The summed E-state index contributed by atoms with van der Waals surface area (Å²) in [5.74, 6) is 1.72. The average molecular weight is 430 g/mol. The number of hydrogen-bond donors (Lipinski definition) is 0.